The van der Waals surface area contributed by atoms with Crippen LogP contribution in [0.3, 0.4) is 0 Å². The molecule has 0 radical (unpaired) electrons. The van der Waals surface area contributed by atoms with Crippen molar-refractivity contribution in [3.8, 4) is 0 Å². The third-order valence-electron chi connectivity index (χ3n) is 5.09. The Morgan fingerprint density at radius 2 is 1.41 bits per heavy atom. The summed E-state index contributed by atoms with van der Waals surface area (Å²) in [6, 6.07) is 27.3. The van der Waals surface area contributed by atoms with Crippen molar-refractivity contribution in [1.82, 2.24) is 4.98 Å². The van der Waals surface area contributed by atoms with E-state index >= 15 is 0 Å². The topological polar surface area (TPSA) is 30.0 Å². The van der Waals surface area contributed by atoms with Gasteiger partial charge in [0, 0.05) is 21.2 Å². The minimum absolute atomic E-state index is 0.0503. The molecule has 0 bridgehead atoms. The predicted octanol–water partition coefficient (Wildman–Crippen LogP) is 6.73. The molecule has 0 N–H and O–H groups in total. The van der Waals surface area contributed by atoms with E-state index in [0.717, 1.165) is 38.3 Å². The van der Waals surface area contributed by atoms with Crippen molar-refractivity contribution in [3.63, 3.8) is 0 Å². The molecule has 29 heavy (non-hydrogen) atoms. The minimum Gasteiger partial charge on any atom is -0.289 e. The van der Waals surface area contributed by atoms with E-state index in [4.69, 9.17) is 11.6 Å². The van der Waals surface area contributed by atoms with Gasteiger partial charge in [0.25, 0.3) is 0 Å². The molecule has 0 fully saturated rings. The van der Waals surface area contributed by atoms with E-state index in [1.807, 2.05) is 97.1 Å². The average molecular weight is 394 g/mol. The Balaban J connectivity index is 1.59. The molecule has 2 nitrogen and oxygen atoms in total. The highest BCUT2D eigenvalue weighted by Crippen LogP contribution is 2.20. The number of halogens is 1. The van der Waals surface area contributed by atoms with Gasteiger partial charge in [0.2, 0.25) is 0 Å². The number of aromatic nitrogens is 1. The Morgan fingerprint density at radius 3 is 2.31 bits per heavy atom. The number of hydrogen-bond acceptors (Lipinski definition) is 2. The van der Waals surface area contributed by atoms with Gasteiger partial charge in [-0.05, 0) is 46.7 Å². The maximum Gasteiger partial charge on any atom is 0.194 e. The van der Waals surface area contributed by atoms with Crippen molar-refractivity contribution in [3.05, 3.63) is 111 Å². The zero-order chi connectivity index (χ0) is 19.8. The molecule has 1 aromatic heterocycles. The van der Waals surface area contributed by atoms with Crippen LogP contribution in [0, 0.1) is 0 Å². The Bertz CT molecular complexity index is 1490. The van der Waals surface area contributed by atoms with Crippen molar-refractivity contribution in [2.75, 3.05) is 0 Å². The Kier molecular flexibility index (Phi) is 4.34. The summed E-state index contributed by atoms with van der Waals surface area (Å²) in [6.07, 6.45) is 3.93. The van der Waals surface area contributed by atoms with E-state index in [9.17, 15) is 4.79 Å². The molecule has 5 aromatic rings. The van der Waals surface area contributed by atoms with Gasteiger partial charge < -0.3 is 0 Å². The smallest absolute Gasteiger partial charge is 0.194 e. The summed E-state index contributed by atoms with van der Waals surface area (Å²) in [5.74, 6) is 0. The van der Waals surface area contributed by atoms with Crippen LogP contribution in [-0.2, 0) is 0 Å². The quantitative estimate of drug-likeness (QED) is 0.333. The molecule has 0 saturated heterocycles. The molecule has 0 amide bonds. The van der Waals surface area contributed by atoms with Gasteiger partial charge >= 0.3 is 0 Å². The van der Waals surface area contributed by atoms with Crippen LogP contribution in [-0.4, -0.2) is 4.98 Å². The number of rotatable bonds is 2. The van der Waals surface area contributed by atoms with Gasteiger partial charge in [0.15, 0.2) is 5.43 Å². The fourth-order valence-electron chi connectivity index (χ4n) is 3.57. The minimum atomic E-state index is 0.0503. The van der Waals surface area contributed by atoms with Gasteiger partial charge in [0.05, 0.1) is 11.2 Å². The van der Waals surface area contributed by atoms with E-state index in [0.29, 0.717) is 10.4 Å². The normalized spacial score (nSPS) is 11.6. The maximum absolute atomic E-state index is 13.0. The van der Waals surface area contributed by atoms with E-state index in [-0.39, 0.29) is 5.43 Å². The maximum atomic E-state index is 13.0. The first-order chi connectivity index (χ1) is 14.2. The summed E-state index contributed by atoms with van der Waals surface area (Å²) >= 11 is 6.08. The highest BCUT2D eigenvalue weighted by molar-refractivity contribution is 6.31. The van der Waals surface area contributed by atoms with Crippen LogP contribution >= 0.6 is 11.6 Å². The molecule has 0 spiro atoms. The van der Waals surface area contributed by atoms with Crippen LogP contribution in [0.25, 0.3) is 44.6 Å². The molecule has 0 aliphatic heterocycles. The first kappa shape index (κ1) is 17.6. The third-order valence-corrected chi connectivity index (χ3v) is 5.33. The van der Waals surface area contributed by atoms with E-state index in [2.05, 4.69) is 4.98 Å². The van der Waals surface area contributed by atoms with Crippen LogP contribution in [0.4, 0.5) is 0 Å². The lowest BCUT2D eigenvalue weighted by Gasteiger charge is -2.00. The highest BCUT2D eigenvalue weighted by Gasteiger charge is 2.03. The molecule has 1 heterocycles. The van der Waals surface area contributed by atoms with Crippen LogP contribution < -0.4 is 5.43 Å². The number of hydrogen-bond donors (Lipinski definition) is 0. The average Bonchev–Trinajstić information content (AvgIpc) is 2.89. The number of nitrogens with zero attached hydrogens (tertiary/aromatic N) is 1. The van der Waals surface area contributed by atoms with Gasteiger partial charge in [-0.3, -0.25) is 4.79 Å². The lowest BCUT2D eigenvalue weighted by atomic mass is 10.1. The monoisotopic (exact) mass is 393 g/mol. The summed E-state index contributed by atoms with van der Waals surface area (Å²) in [4.78, 5) is 17.7. The Labute approximate surface area is 172 Å². The molecular weight excluding hydrogens is 378 g/mol. The second-order valence-corrected chi connectivity index (χ2v) is 7.44. The first-order valence-electron chi connectivity index (χ1n) is 9.38. The number of benzene rings is 3. The Morgan fingerprint density at radius 1 is 0.690 bits per heavy atom. The van der Waals surface area contributed by atoms with Crippen molar-refractivity contribution in [1.29, 1.82) is 0 Å². The van der Waals surface area contributed by atoms with Crippen molar-refractivity contribution >= 4 is 56.2 Å². The Hall–Kier alpha value is -3.49. The van der Waals surface area contributed by atoms with Gasteiger partial charge in [-0.2, -0.15) is 0 Å². The molecule has 0 aliphatic carbocycles. The fraction of sp³-hybridized carbons (Fsp3) is 0. The molecule has 4 aromatic carbocycles. The van der Waals surface area contributed by atoms with Gasteiger partial charge in [0.1, 0.15) is 0 Å². The second-order valence-electron chi connectivity index (χ2n) is 7.00. The summed E-state index contributed by atoms with van der Waals surface area (Å²) in [5.41, 5.74) is 2.71. The largest absolute Gasteiger partial charge is 0.289 e. The molecular formula is C26H16ClNO. The zero-order valence-corrected chi connectivity index (χ0v) is 16.2. The molecule has 3 heteroatoms. The standard InChI is InChI=1S/C26H16ClNO/c27-21-12-10-20-11-14-22(28-25(20)16-21)13-6-17-5-7-19-9-8-18-3-1-2-4-23(18)26(29)24(19)15-17/h1-16H. The van der Waals surface area contributed by atoms with Crippen molar-refractivity contribution < 1.29 is 0 Å². The fourth-order valence-corrected chi connectivity index (χ4v) is 3.74. The summed E-state index contributed by atoms with van der Waals surface area (Å²) < 4.78 is 0. The van der Waals surface area contributed by atoms with Gasteiger partial charge in [-0.25, -0.2) is 4.98 Å². The van der Waals surface area contributed by atoms with Crippen LogP contribution in [0.1, 0.15) is 11.3 Å². The zero-order valence-electron chi connectivity index (χ0n) is 15.5. The number of pyridine rings is 1. The van der Waals surface area contributed by atoms with E-state index in [1.165, 1.54) is 0 Å². The van der Waals surface area contributed by atoms with Crippen LogP contribution in [0.5, 0.6) is 0 Å². The number of fused-ring (bicyclic) bond motifs is 3. The molecule has 0 saturated carbocycles. The highest BCUT2D eigenvalue weighted by atomic mass is 35.5. The van der Waals surface area contributed by atoms with Gasteiger partial charge in [-0.15, -0.1) is 0 Å². The van der Waals surface area contributed by atoms with Crippen molar-refractivity contribution in [2.45, 2.75) is 0 Å². The van der Waals surface area contributed by atoms with Crippen molar-refractivity contribution in [2.24, 2.45) is 0 Å². The summed E-state index contributed by atoms with van der Waals surface area (Å²) in [7, 11) is 0. The molecule has 0 unspecified atom stereocenters. The van der Waals surface area contributed by atoms with E-state index < -0.39 is 0 Å². The first-order valence-corrected chi connectivity index (χ1v) is 9.75. The molecule has 138 valence electrons. The predicted molar refractivity (Wildman–Crippen MR) is 123 cm³/mol. The van der Waals surface area contributed by atoms with Gasteiger partial charge in [-0.1, -0.05) is 78.3 Å². The SMILES string of the molecule is O=c1c2ccccc2ccc2ccc(C=Cc3ccc4ccc(Cl)cc4n3)cc12. The lowest BCUT2D eigenvalue weighted by Crippen LogP contribution is -1.98. The summed E-state index contributed by atoms with van der Waals surface area (Å²) in [6.45, 7) is 0. The van der Waals surface area contributed by atoms with Crippen LogP contribution in [0.15, 0.2) is 89.7 Å². The molecule has 5 rings (SSSR count). The third kappa shape index (κ3) is 3.39. The second kappa shape index (κ2) is 7.16. The molecule has 0 atom stereocenters. The summed E-state index contributed by atoms with van der Waals surface area (Å²) in [5, 5.41) is 5.05. The lowest BCUT2D eigenvalue weighted by molar-refractivity contribution is 1.37. The van der Waals surface area contributed by atoms with E-state index in [1.54, 1.807) is 0 Å². The van der Waals surface area contributed by atoms with Crippen LogP contribution in [0.2, 0.25) is 5.02 Å². The molecule has 0 aliphatic rings.